The molecule has 0 heterocycles. The standard InChI is InChI=1S/C15H20N2O4S/c1-15(2,3)21-14(19)17(12(16)22-4)13(18)20-10-11-8-6-5-7-9-11/h5-9,16H,10H2,1-4H3. The quantitative estimate of drug-likeness (QED) is 0.660. The van der Waals surface area contributed by atoms with E-state index < -0.39 is 17.8 Å². The van der Waals surface area contributed by atoms with Crippen molar-refractivity contribution in [2.24, 2.45) is 0 Å². The predicted molar refractivity (Wildman–Crippen MR) is 85.9 cm³/mol. The van der Waals surface area contributed by atoms with Gasteiger partial charge in [-0.2, -0.15) is 4.90 Å². The molecule has 1 aromatic carbocycles. The number of imide groups is 1. The smallest absolute Gasteiger partial charge is 0.426 e. The first kappa shape index (κ1) is 18.0. The number of amidine groups is 1. The molecule has 0 atom stereocenters. The molecule has 1 rings (SSSR count). The van der Waals surface area contributed by atoms with Crippen molar-refractivity contribution >= 4 is 29.1 Å². The van der Waals surface area contributed by atoms with Crippen LogP contribution in [-0.4, -0.2) is 34.1 Å². The lowest BCUT2D eigenvalue weighted by Gasteiger charge is -2.25. The van der Waals surface area contributed by atoms with Gasteiger partial charge in [0.05, 0.1) is 0 Å². The zero-order valence-corrected chi connectivity index (χ0v) is 13.9. The van der Waals surface area contributed by atoms with Gasteiger partial charge in [-0.3, -0.25) is 5.41 Å². The van der Waals surface area contributed by atoms with E-state index in [2.05, 4.69) is 0 Å². The van der Waals surface area contributed by atoms with Gasteiger partial charge in [-0.25, -0.2) is 9.59 Å². The first-order valence-electron chi connectivity index (χ1n) is 6.61. The lowest BCUT2D eigenvalue weighted by atomic mass is 10.2. The average molecular weight is 324 g/mol. The van der Waals surface area contributed by atoms with E-state index in [1.165, 1.54) is 0 Å². The topological polar surface area (TPSA) is 79.7 Å². The van der Waals surface area contributed by atoms with Crippen LogP contribution >= 0.6 is 11.8 Å². The molecular formula is C15H20N2O4S. The molecule has 1 N–H and O–H groups in total. The number of amides is 2. The summed E-state index contributed by atoms with van der Waals surface area (Å²) in [5, 5.41) is 7.48. The van der Waals surface area contributed by atoms with Crippen LogP contribution in [-0.2, 0) is 16.1 Å². The van der Waals surface area contributed by atoms with E-state index in [-0.39, 0.29) is 11.8 Å². The Morgan fingerprint density at radius 1 is 1.18 bits per heavy atom. The second-order valence-electron chi connectivity index (χ2n) is 5.37. The highest BCUT2D eigenvalue weighted by Crippen LogP contribution is 2.14. The number of carbonyl (C=O) groups is 2. The number of nitrogens with one attached hydrogen (secondary N) is 1. The van der Waals surface area contributed by atoms with Crippen molar-refractivity contribution in [3.05, 3.63) is 35.9 Å². The van der Waals surface area contributed by atoms with Crippen molar-refractivity contribution in [3.63, 3.8) is 0 Å². The minimum Gasteiger partial charge on any atom is -0.444 e. The maximum atomic E-state index is 12.1. The van der Waals surface area contributed by atoms with Crippen molar-refractivity contribution in [2.45, 2.75) is 33.0 Å². The van der Waals surface area contributed by atoms with Crippen LogP contribution in [0.4, 0.5) is 9.59 Å². The summed E-state index contributed by atoms with van der Waals surface area (Å²) in [6.07, 6.45) is -0.271. The van der Waals surface area contributed by atoms with Gasteiger partial charge in [0.2, 0.25) is 0 Å². The van der Waals surface area contributed by atoms with E-state index in [1.807, 2.05) is 18.2 Å². The van der Waals surface area contributed by atoms with Gasteiger partial charge in [0, 0.05) is 0 Å². The summed E-state index contributed by atoms with van der Waals surface area (Å²) >= 11 is 0.945. The van der Waals surface area contributed by atoms with Gasteiger partial charge < -0.3 is 9.47 Å². The van der Waals surface area contributed by atoms with Gasteiger partial charge in [-0.05, 0) is 32.6 Å². The maximum Gasteiger partial charge on any atom is 0.426 e. The highest BCUT2D eigenvalue weighted by atomic mass is 32.2. The summed E-state index contributed by atoms with van der Waals surface area (Å²) in [7, 11) is 0. The Morgan fingerprint density at radius 3 is 2.27 bits per heavy atom. The van der Waals surface area contributed by atoms with Crippen LogP contribution in [0.15, 0.2) is 30.3 Å². The van der Waals surface area contributed by atoms with Crippen LogP contribution in [0.5, 0.6) is 0 Å². The first-order chi connectivity index (χ1) is 10.2. The molecule has 0 bridgehead atoms. The fourth-order valence-electron chi connectivity index (χ4n) is 1.42. The van der Waals surface area contributed by atoms with E-state index in [0.29, 0.717) is 4.90 Å². The van der Waals surface area contributed by atoms with Gasteiger partial charge in [-0.15, -0.1) is 0 Å². The molecule has 1 aromatic rings. The van der Waals surface area contributed by atoms with Crippen molar-refractivity contribution in [3.8, 4) is 0 Å². The van der Waals surface area contributed by atoms with Crippen LogP contribution in [0.25, 0.3) is 0 Å². The summed E-state index contributed by atoms with van der Waals surface area (Å²) in [5.41, 5.74) is 0.0176. The maximum absolute atomic E-state index is 12.1. The summed E-state index contributed by atoms with van der Waals surface area (Å²) in [6.45, 7) is 5.06. The molecule has 0 aliphatic rings. The Kier molecular flexibility index (Phi) is 6.42. The lowest BCUT2D eigenvalue weighted by Crippen LogP contribution is -2.43. The molecule has 0 fully saturated rings. The molecule has 0 saturated carbocycles. The van der Waals surface area contributed by atoms with Crippen molar-refractivity contribution in [2.75, 3.05) is 6.26 Å². The van der Waals surface area contributed by atoms with E-state index in [1.54, 1.807) is 39.2 Å². The fraction of sp³-hybridized carbons (Fsp3) is 0.400. The Morgan fingerprint density at radius 2 is 1.77 bits per heavy atom. The lowest BCUT2D eigenvalue weighted by molar-refractivity contribution is 0.0337. The second-order valence-corrected chi connectivity index (χ2v) is 6.16. The Bertz CT molecular complexity index is 540. The van der Waals surface area contributed by atoms with E-state index in [4.69, 9.17) is 14.9 Å². The molecule has 0 aliphatic heterocycles. The number of ether oxygens (including phenoxy) is 2. The normalized spacial score (nSPS) is 10.7. The molecule has 22 heavy (non-hydrogen) atoms. The van der Waals surface area contributed by atoms with Crippen molar-refractivity contribution < 1.29 is 19.1 Å². The molecule has 0 spiro atoms. The zero-order chi connectivity index (χ0) is 16.8. The molecule has 120 valence electrons. The number of carbonyl (C=O) groups excluding carboxylic acids is 2. The number of benzene rings is 1. The highest BCUT2D eigenvalue weighted by Gasteiger charge is 2.31. The van der Waals surface area contributed by atoms with Crippen molar-refractivity contribution in [1.82, 2.24) is 4.90 Å². The van der Waals surface area contributed by atoms with Crippen LogP contribution < -0.4 is 0 Å². The molecule has 7 heteroatoms. The van der Waals surface area contributed by atoms with Crippen LogP contribution in [0.2, 0.25) is 0 Å². The van der Waals surface area contributed by atoms with E-state index in [0.717, 1.165) is 17.3 Å². The predicted octanol–water partition coefficient (Wildman–Crippen LogP) is 3.86. The minimum atomic E-state index is -0.933. The summed E-state index contributed by atoms with van der Waals surface area (Å²) in [6, 6.07) is 9.08. The van der Waals surface area contributed by atoms with Gasteiger partial charge in [0.1, 0.15) is 12.2 Å². The van der Waals surface area contributed by atoms with Gasteiger partial charge in [-0.1, -0.05) is 42.1 Å². The molecular weight excluding hydrogens is 304 g/mol. The molecule has 0 unspecified atom stereocenters. The van der Waals surface area contributed by atoms with E-state index in [9.17, 15) is 9.59 Å². The average Bonchev–Trinajstić information content (AvgIpc) is 2.44. The molecule has 6 nitrogen and oxygen atoms in total. The van der Waals surface area contributed by atoms with Gasteiger partial charge >= 0.3 is 12.2 Å². The third-order valence-corrected chi connectivity index (χ3v) is 2.93. The number of hydrogen-bond donors (Lipinski definition) is 1. The summed E-state index contributed by atoms with van der Waals surface area (Å²) in [5.74, 6) is 0. The monoisotopic (exact) mass is 324 g/mol. The minimum absolute atomic E-state index is 0.0145. The summed E-state index contributed by atoms with van der Waals surface area (Å²) < 4.78 is 10.2. The first-order valence-corrected chi connectivity index (χ1v) is 7.83. The van der Waals surface area contributed by atoms with Crippen LogP contribution in [0.3, 0.4) is 0 Å². The SMILES string of the molecule is CSC(=N)N(C(=O)OCc1ccccc1)C(=O)OC(C)(C)C. The third kappa shape index (κ3) is 5.77. The summed E-state index contributed by atoms with van der Waals surface area (Å²) in [4.78, 5) is 24.7. The number of hydrogen-bond acceptors (Lipinski definition) is 6. The van der Waals surface area contributed by atoms with Crippen LogP contribution in [0.1, 0.15) is 26.3 Å². The Labute approximate surface area is 134 Å². The number of rotatable bonds is 2. The molecule has 0 aromatic heterocycles. The zero-order valence-electron chi connectivity index (χ0n) is 13.1. The fourth-order valence-corrected chi connectivity index (χ4v) is 1.75. The number of nitrogens with zero attached hydrogens (tertiary/aromatic N) is 1. The Balaban J connectivity index is 2.76. The van der Waals surface area contributed by atoms with Crippen LogP contribution in [0, 0.1) is 5.41 Å². The molecule has 0 saturated heterocycles. The Hall–Kier alpha value is -2.02. The van der Waals surface area contributed by atoms with Gasteiger partial charge in [0.25, 0.3) is 0 Å². The number of thioether (sulfide) groups is 1. The third-order valence-electron chi connectivity index (χ3n) is 2.36. The largest absolute Gasteiger partial charge is 0.444 e. The second kappa shape index (κ2) is 7.84. The van der Waals surface area contributed by atoms with E-state index >= 15 is 0 Å². The molecule has 0 aliphatic carbocycles. The molecule has 0 radical (unpaired) electrons. The van der Waals surface area contributed by atoms with Gasteiger partial charge in [0.15, 0.2) is 5.17 Å². The molecule has 2 amide bonds. The van der Waals surface area contributed by atoms with Crippen molar-refractivity contribution in [1.29, 1.82) is 5.41 Å². The highest BCUT2D eigenvalue weighted by molar-refractivity contribution is 8.13.